The third-order valence-electron chi connectivity index (χ3n) is 3.89. The number of likely N-dealkylation sites (tertiary alicyclic amines) is 1. The number of amides is 2. The molecule has 1 aliphatic heterocycles. The number of hydrogen-bond acceptors (Lipinski definition) is 3. The summed E-state index contributed by atoms with van der Waals surface area (Å²) in [6, 6.07) is 1.83. The molecule has 0 aromatic rings. The van der Waals surface area contributed by atoms with E-state index in [-0.39, 0.29) is 18.2 Å². The van der Waals surface area contributed by atoms with E-state index in [0.29, 0.717) is 18.4 Å². The number of rotatable bonds is 5. The van der Waals surface area contributed by atoms with Crippen LogP contribution in [-0.2, 0) is 9.59 Å². The number of allylic oxidation sites excluding steroid dienone is 1. The number of nitrogens with one attached hydrogen (secondary N) is 1. The van der Waals surface area contributed by atoms with Gasteiger partial charge < -0.3 is 10.2 Å². The van der Waals surface area contributed by atoms with E-state index in [2.05, 4.69) is 5.32 Å². The van der Waals surface area contributed by atoms with Gasteiger partial charge in [-0.05, 0) is 43.6 Å². The molecule has 5 heteroatoms. The van der Waals surface area contributed by atoms with Gasteiger partial charge in [0.2, 0.25) is 11.8 Å². The van der Waals surface area contributed by atoms with Crippen molar-refractivity contribution in [2.45, 2.75) is 32.1 Å². The van der Waals surface area contributed by atoms with Gasteiger partial charge in [-0.3, -0.25) is 9.59 Å². The van der Waals surface area contributed by atoms with Crippen LogP contribution in [-0.4, -0.2) is 36.3 Å². The van der Waals surface area contributed by atoms with Crippen LogP contribution in [0.4, 0.5) is 0 Å². The smallest absolute Gasteiger partial charge is 0.246 e. The molecule has 1 aliphatic carbocycles. The molecule has 0 aromatic carbocycles. The normalized spacial score (nSPS) is 19.9. The predicted octanol–water partition coefficient (Wildman–Crippen LogP) is 1.22. The molecule has 0 unspecified atom stereocenters. The van der Waals surface area contributed by atoms with Crippen LogP contribution in [0.3, 0.4) is 0 Å². The molecular formula is C15H21N3O2. The maximum atomic E-state index is 11.9. The average molecular weight is 275 g/mol. The molecule has 2 fully saturated rings. The van der Waals surface area contributed by atoms with Crippen molar-refractivity contribution in [2.24, 2.45) is 11.8 Å². The van der Waals surface area contributed by atoms with Crippen LogP contribution in [0.2, 0.25) is 0 Å². The van der Waals surface area contributed by atoms with E-state index in [1.807, 2.05) is 17.0 Å². The van der Waals surface area contributed by atoms with E-state index in [1.165, 1.54) is 12.8 Å². The molecule has 5 nitrogen and oxygen atoms in total. The summed E-state index contributed by atoms with van der Waals surface area (Å²) in [4.78, 5) is 25.0. The van der Waals surface area contributed by atoms with Gasteiger partial charge in [-0.2, -0.15) is 5.26 Å². The molecule has 108 valence electrons. The zero-order valence-corrected chi connectivity index (χ0v) is 11.7. The molecule has 0 bridgehead atoms. The first-order chi connectivity index (χ1) is 9.69. The molecule has 1 heterocycles. The Labute approximate surface area is 119 Å². The molecule has 0 atom stereocenters. The van der Waals surface area contributed by atoms with Crippen LogP contribution in [0.15, 0.2) is 12.2 Å². The number of carbonyl (C=O) groups is 2. The Balaban J connectivity index is 1.65. The Morgan fingerprint density at radius 2 is 1.95 bits per heavy atom. The Bertz CT molecular complexity index is 427. The summed E-state index contributed by atoms with van der Waals surface area (Å²) in [6.07, 6.45) is 7.92. The highest BCUT2D eigenvalue weighted by atomic mass is 16.2. The van der Waals surface area contributed by atoms with Gasteiger partial charge >= 0.3 is 0 Å². The van der Waals surface area contributed by atoms with Crippen LogP contribution >= 0.6 is 0 Å². The van der Waals surface area contributed by atoms with Crippen molar-refractivity contribution in [3.63, 3.8) is 0 Å². The summed E-state index contributed by atoms with van der Waals surface area (Å²) in [5.74, 6) is 0.947. The van der Waals surface area contributed by atoms with E-state index in [1.54, 1.807) is 6.08 Å². The van der Waals surface area contributed by atoms with Gasteiger partial charge in [0.25, 0.3) is 0 Å². The van der Waals surface area contributed by atoms with Gasteiger partial charge in [0, 0.05) is 19.6 Å². The van der Waals surface area contributed by atoms with Crippen molar-refractivity contribution < 1.29 is 9.59 Å². The highest BCUT2D eigenvalue weighted by molar-refractivity contribution is 5.87. The first-order valence-electron chi connectivity index (χ1n) is 7.30. The maximum absolute atomic E-state index is 11.9. The second-order valence-corrected chi connectivity index (χ2v) is 5.60. The lowest BCUT2D eigenvalue weighted by Gasteiger charge is -2.31. The molecular weight excluding hydrogens is 254 g/mol. The monoisotopic (exact) mass is 275 g/mol. The minimum atomic E-state index is -0.210. The van der Waals surface area contributed by atoms with Crippen molar-refractivity contribution >= 4 is 11.8 Å². The van der Waals surface area contributed by atoms with Crippen LogP contribution < -0.4 is 5.32 Å². The summed E-state index contributed by atoms with van der Waals surface area (Å²) in [7, 11) is 0. The standard InChI is InChI=1S/C15H21N3O2/c16-8-5-14(19)17-11-13-6-9-18(10-7-13)15(20)4-3-12-1-2-12/h3-4,12-13H,1-2,5-7,9-11H2,(H,17,19)/b4-3+. The predicted molar refractivity (Wildman–Crippen MR) is 74.4 cm³/mol. The fraction of sp³-hybridized carbons (Fsp3) is 0.667. The Morgan fingerprint density at radius 1 is 1.25 bits per heavy atom. The highest BCUT2D eigenvalue weighted by Gasteiger charge is 2.23. The summed E-state index contributed by atoms with van der Waals surface area (Å²) in [5.41, 5.74) is 0. The quantitative estimate of drug-likeness (QED) is 0.767. The van der Waals surface area contributed by atoms with Crippen LogP contribution in [0.25, 0.3) is 0 Å². The van der Waals surface area contributed by atoms with Gasteiger partial charge in [-0.15, -0.1) is 0 Å². The van der Waals surface area contributed by atoms with Crippen molar-refractivity contribution in [3.05, 3.63) is 12.2 Å². The number of nitriles is 1. The SMILES string of the molecule is N#CCC(=O)NCC1CCN(C(=O)/C=C/C2CC2)CC1. The first kappa shape index (κ1) is 14.6. The lowest BCUT2D eigenvalue weighted by atomic mass is 9.96. The fourth-order valence-corrected chi connectivity index (χ4v) is 2.36. The molecule has 0 aromatic heterocycles. The van der Waals surface area contributed by atoms with E-state index < -0.39 is 0 Å². The van der Waals surface area contributed by atoms with E-state index in [0.717, 1.165) is 25.9 Å². The van der Waals surface area contributed by atoms with Crippen LogP contribution in [0.1, 0.15) is 32.1 Å². The van der Waals surface area contributed by atoms with E-state index in [4.69, 9.17) is 5.26 Å². The number of piperidine rings is 1. The zero-order chi connectivity index (χ0) is 14.4. The number of hydrogen-bond donors (Lipinski definition) is 1. The molecule has 1 saturated heterocycles. The van der Waals surface area contributed by atoms with Crippen molar-refractivity contribution in [2.75, 3.05) is 19.6 Å². The largest absolute Gasteiger partial charge is 0.355 e. The molecule has 2 amide bonds. The topological polar surface area (TPSA) is 73.2 Å². The summed E-state index contributed by atoms with van der Waals surface area (Å²) < 4.78 is 0. The minimum Gasteiger partial charge on any atom is -0.355 e. The lowest BCUT2D eigenvalue weighted by Crippen LogP contribution is -2.40. The molecule has 20 heavy (non-hydrogen) atoms. The third-order valence-corrected chi connectivity index (χ3v) is 3.89. The van der Waals surface area contributed by atoms with Crippen molar-refractivity contribution in [3.8, 4) is 6.07 Å². The second kappa shape index (κ2) is 7.09. The Morgan fingerprint density at radius 3 is 2.55 bits per heavy atom. The molecule has 2 rings (SSSR count). The lowest BCUT2D eigenvalue weighted by molar-refractivity contribution is -0.127. The van der Waals surface area contributed by atoms with E-state index >= 15 is 0 Å². The summed E-state index contributed by atoms with van der Waals surface area (Å²) in [5, 5.41) is 11.2. The number of carbonyl (C=O) groups excluding carboxylic acids is 2. The fourth-order valence-electron chi connectivity index (χ4n) is 2.36. The van der Waals surface area contributed by atoms with Gasteiger partial charge in [0.1, 0.15) is 6.42 Å². The van der Waals surface area contributed by atoms with Gasteiger partial charge in [0.15, 0.2) is 0 Å². The van der Waals surface area contributed by atoms with Crippen molar-refractivity contribution in [1.29, 1.82) is 5.26 Å². The molecule has 0 radical (unpaired) electrons. The van der Waals surface area contributed by atoms with E-state index in [9.17, 15) is 9.59 Å². The molecule has 1 N–H and O–H groups in total. The van der Waals surface area contributed by atoms with Gasteiger partial charge in [0.05, 0.1) is 6.07 Å². The van der Waals surface area contributed by atoms with Crippen molar-refractivity contribution in [1.82, 2.24) is 10.2 Å². The van der Waals surface area contributed by atoms with Crippen LogP contribution in [0.5, 0.6) is 0 Å². The second-order valence-electron chi connectivity index (χ2n) is 5.60. The van der Waals surface area contributed by atoms with Crippen LogP contribution in [0, 0.1) is 23.2 Å². The Kier molecular flexibility index (Phi) is 5.16. The van der Waals surface area contributed by atoms with Gasteiger partial charge in [-0.1, -0.05) is 6.08 Å². The molecule has 2 aliphatic rings. The first-order valence-corrected chi connectivity index (χ1v) is 7.30. The minimum absolute atomic E-state index is 0.0801. The highest BCUT2D eigenvalue weighted by Crippen LogP contribution is 2.30. The van der Waals surface area contributed by atoms with Gasteiger partial charge in [-0.25, -0.2) is 0 Å². The molecule has 1 saturated carbocycles. The number of nitrogens with zero attached hydrogens (tertiary/aromatic N) is 2. The zero-order valence-electron chi connectivity index (χ0n) is 11.7. The third kappa shape index (κ3) is 4.69. The molecule has 0 spiro atoms. The summed E-state index contributed by atoms with van der Waals surface area (Å²) >= 11 is 0. The average Bonchev–Trinajstić information content (AvgIpc) is 3.28. The summed E-state index contributed by atoms with van der Waals surface area (Å²) in [6.45, 7) is 2.12. The maximum Gasteiger partial charge on any atom is 0.246 e. The Hall–Kier alpha value is -1.83.